The van der Waals surface area contributed by atoms with Gasteiger partial charge in [0.1, 0.15) is 4.90 Å². The minimum Gasteiger partial charge on any atom is -0.379 e. The number of halogens is 1. The predicted octanol–water partition coefficient (Wildman–Crippen LogP) is 1.89. The summed E-state index contributed by atoms with van der Waals surface area (Å²) >= 11 is 6.06. The van der Waals surface area contributed by atoms with Gasteiger partial charge in [-0.15, -0.1) is 0 Å². The molecule has 1 N–H and O–H groups in total. The molecule has 1 aromatic carbocycles. The Morgan fingerprint density at radius 3 is 2.70 bits per heavy atom. The molecule has 0 unspecified atom stereocenters. The van der Waals surface area contributed by atoms with Gasteiger partial charge in [-0.1, -0.05) is 24.9 Å². The van der Waals surface area contributed by atoms with Gasteiger partial charge in [0.05, 0.1) is 18.2 Å². The Morgan fingerprint density at radius 1 is 1.35 bits per heavy atom. The highest BCUT2D eigenvalue weighted by Gasteiger charge is 2.29. The molecule has 8 heteroatoms. The van der Waals surface area contributed by atoms with Crippen LogP contribution in [0.4, 0.5) is 0 Å². The predicted molar refractivity (Wildman–Crippen MR) is 88.3 cm³/mol. The molecule has 2 rings (SSSR count). The van der Waals surface area contributed by atoms with Crippen molar-refractivity contribution in [2.24, 2.45) is 0 Å². The molecule has 0 radical (unpaired) electrons. The molecule has 1 heterocycles. The molecule has 1 aromatic rings. The van der Waals surface area contributed by atoms with E-state index in [2.05, 4.69) is 5.32 Å². The minimum atomic E-state index is -3.73. The second-order valence-electron chi connectivity index (χ2n) is 5.27. The lowest BCUT2D eigenvalue weighted by Gasteiger charge is -2.26. The van der Waals surface area contributed by atoms with Gasteiger partial charge in [-0.05, 0) is 24.6 Å². The van der Waals surface area contributed by atoms with Gasteiger partial charge in [-0.25, -0.2) is 8.42 Å². The molecule has 6 nitrogen and oxygen atoms in total. The maximum Gasteiger partial charge on any atom is 0.251 e. The zero-order valence-electron chi connectivity index (χ0n) is 13.0. The summed E-state index contributed by atoms with van der Waals surface area (Å²) in [4.78, 5) is 12.1. The van der Waals surface area contributed by atoms with Crippen molar-refractivity contribution < 1.29 is 17.9 Å². The molecule has 0 aliphatic carbocycles. The van der Waals surface area contributed by atoms with Crippen molar-refractivity contribution in [3.05, 3.63) is 28.8 Å². The first kappa shape index (κ1) is 18.2. The van der Waals surface area contributed by atoms with Gasteiger partial charge in [0.2, 0.25) is 10.0 Å². The SMILES string of the molecule is CCCCNC(=O)c1ccc(Cl)c(S(=O)(=O)N2CCOCC2)c1. The molecular weight excluding hydrogens is 340 g/mol. The zero-order valence-corrected chi connectivity index (χ0v) is 14.6. The van der Waals surface area contributed by atoms with Crippen molar-refractivity contribution in [3.8, 4) is 0 Å². The molecular formula is C15H21ClN2O4S. The van der Waals surface area contributed by atoms with E-state index in [1.807, 2.05) is 6.92 Å². The fourth-order valence-corrected chi connectivity index (χ4v) is 4.16. The maximum absolute atomic E-state index is 12.7. The largest absolute Gasteiger partial charge is 0.379 e. The van der Waals surface area contributed by atoms with Crippen LogP contribution in [0.1, 0.15) is 30.1 Å². The fraction of sp³-hybridized carbons (Fsp3) is 0.533. The van der Waals surface area contributed by atoms with Crippen LogP contribution in [0, 0.1) is 0 Å². The third-order valence-electron chi connectivity index (χ3n) is 3.60. The molecule has 0 bridgehead atoms. The van der Waals surface area contributed by atoms with Crippen molar-refractivity contribution in [3.63, 3.8) is 0 Å². The molecule has 23 heavy (non-hydrogen) atoms. The highest BCUT2D eigenvalue weighted by Crippen LogP contribution is 2.26. The van der Waals surface area contributed by atoms with Crippen LogP contribution in [0.5, 0.6) is 0 Å². The Morgan fingerprint density at radius 2 is 2.04 bits per heavy atom. The molecule has 0 spiro atoms. The van der Waals surface area contributed by atoms with Crippen LogP contribution in [-0.4, -0.2) is 51.5 Å². The van der Waals surface area contributed by atoms with Crippen molar-refractivity contribution in [1.82, 2.24) is 9.62 Å². The molecule has 0 atom stereocenters. The Balaban J connectivity index is 2.24. The Hall–Kier alpha value is -1.15. The van der Waals surface area contributed by atoms with E-state index in [0.29, 0.717) is 19.8 Å². The van der Waals surface area contributed by atoms with E-state index in [1.54, 1.807) is 0 Å². The fourth-order valence-electron chi connectivity index (χ4n) is 2.25. The minimum absolute atomic E-state index is 0.0378. The molecule has 0 aromatic heterocycles. The Bertz CT molecular complexity index is 657. The van der Waals surface area contributed by atoms with Crippen LogP contribution in [0.15, 0.2) is 23.1 Å². The van der Waals surface area contributed by atoms with Gasteiger partial charge in [-0.2, -0.15) is 4.31 Å². The third kappa shape index (κ3) is 4.44. The third-order valence-corrected chi connectivity index (χ3v) is 5.98. The summed E-state index contributed by atoms with van der Waals surface area (Å²) < 4.78 is 31.9. The number of nitrogens with zero attached hydrogens (tertiary/aromatic N) is 1. The van der Waals surface area contributed by atoms with E-state index >= 15 is 0 Å². The van der Waals surface area contributed by atoms with Gasteiger partial charge in [0.25, 0.3) is 5.91 Å². The Kier molecular flexibility index (Phi) is 6.41. The number of sulfonamides is 1. The van der Waals surface area contributed by atoms with Crippen molar-refractivity contribution in [2.75, 3.05) is 32.8 Å². The number of morpholine rings is 1. The molecule has 1 fully saturated rings. The standard InChI is InChI=1S/C15H21ClN2O4S/c1-2-3-6-17-15(19)12-4-5-13(16)14(11-12)23(20,21)18-7-9-22-10-8-18/h4-5,11H,2-3,6-10H2,1H3,(H,17,19). The van der Waals surface area contributed by atoms with Crippen LogP contribution >= 0.6 is 11.6 Å². The number of unbranched alkanes of at least 4 members (excludes halogenated alkanes) is 1. The summed E-state index contributed by atoms with van der Waals surface area (Å²) in [7, 11) is -3.73. The average molecular weight is 361 g/mol. The van der Waals surface area contributed by atoms with Crippen LogP contribution < -0.4 is 5.32 Å². The first-order valence-electron chi connectivity index (χ1n) is 7.62. The van der Waals surface area contributed by atoms with E-state index in [0.717, 1.165) is 12.8 Å². The highest BCUT2D eigenvalue weighted by atomic mass is 35.5. The number of ether oxygens (including phenoxy) is 1. The number of carbonyl (C=O) groups excluding carboxylic acids is 1. The quantitative estimate of drug-likeness (QED) is 0.786. The number of hydrogen-bond donors (Lipinski definition) is 1. The topological polar surface area (TPSA) is 75.7 Å². The summed E-state index contributed by atoms with van der Waals surface area (Å²) in [6.45, 7) is 3.87. The van der Waals surface area contributed by atoms with Gasteiger partial charge < -0.3 is 10.1 Å². The maximum atomic E-state index is 12.7. The first-order chi connectivity index (χ1) is 11.0. The number of nitrogens with one attached hydrogen (secondary N) is 1. The van der Waals surface area contributed by atoms with Crippen LogP contribution in [0.2, 0.25) is 5.02 Å². The smallest absolute Gasteiger partial charge is 0.251 e. The van der Waals surface area contributed by atoms with Gasteiger partial charge >= 0.3 is 0 Å². The monoisotopic (exact) mass is 360 g/mol. The molecule has 128 valence electrons. The average Bonchev–Trinajstić information content (AvgIpc) is 2.56. The van der Waals surface area contributed by atoms with Gasteiger partial charge in [0.15, 0.2) is 0 Å². The Labute approximate surface area is 141 Å². The number of amides is 1. The number of benzene rings is 1. The lowest BCUT2D eigenvalue weighted by Crippen LogP contribution is -2.40. The second kappa shape index (κ2) is 8.10. The molecule has 1 aliphatic heterocycles. The summed E-state index contributed by atoms with van der Waals surface area (Å²) in [6.07, 6.45) is 1.84. The number of rotatable bonds is 6. The van der Waals surface area contributed by atoms with Crippen LogP contribution in [0.3, 0.4) is 0 Å². The van der Waals surface area contributed by atoms with Crippen LogP contribution in [0.25, 0.3) is 0 Å². The summed E-state index contributed by atoms with van der Waals surface area (Å²) in [6, 6.07) is 4.32. The molecule has 1 amide bonds. The summed E-state index contributed by atoms with van der Waals surface area (Å²) in [5.74, 6) is -0.298. The number of hydrogen-bond acceptors (Lipinski definition) is 4. The van der Waals surface area contributed by atoms with E-state index < -0.39 is 10.0 Å². The van der Waals surface area contributed by atoms with E-state index in [1.165, 1.54) is 22.5 Å². The van der Waals surface area contributed by atoms with E-state index in [-0.39, 0.29) is 34.5 Å². The lowest BCUT2D eigenvalue weighted by atomic mass is 10.2. The normalized spacial score (nSPS) is 16.3. The molecule has 1 aliphatic rings. The van der Waals surface area contributed by atoms with Crippen LogP contribution in [-0.2, 0) is 14.8 Å². The molecule has 1 saturated heterocycles. The van der Waals surface area contributed by atoms with E-state index in [9.17, 15) is 13.2 Å². The van der Waals surface area contributed by atoms with Gasteiger partial charge in [0, 0.05) is 25.2 Å². The second-order valence-corrected chi connectivity index (χ2v) is 7.58. The first-order valence-corrected chi connectivity index (χ1v) is 9.44. The zero-order chi connectivity index (χ0) is 16.9. The summed E-state index contributed by atoms with van der Waals surface area (Å²) in [5, 5.41) is 2.88. The summed E-state index contributed by atoms with van der Waals surface area (Å²) in [5.41, 5.74) is 0.289. The van der Waals surface area contributed by atoms with Gasteiger partial charge in [-0.3, -0.25) is 4.79 Å². The van der Waals surface area contributed by atoms with Crippen molar-refractivity contribution in [2.45, 2.75) is 24.7 Å². The number of carbonyl (C=O) groups is 1. The van der Waals surface area contributed by atoms with Crippen molar-refractivity contribution >= 4 is 27.5 Å². The highest BCUT2D eigenvalue weighted by molar-refractivity contribution is 7.89. The lowest BCUT2D eigenvalue weighted by molar-refractivity contribution is 0.0730. The molecule has 0 saturated carbocycles. The van der Waals surface area contributed by atoms with E-state index in [4.69, 9.17) is 16.3 Å². The van der Waals surface area contributed by atoms with Crippen molar-refractivity contribution in [1.29, 1.82) is 0 Å².